The van der Waals surface area contributed by atoms with Gasteiger partial charge in [-0.05, 0) is 144 Å². The smallest absolute Gasteiger partial charge is 0.298 e. The normalized spacial score (nSPS) is 17.9. The summed E-state index contributed by atoms with van der Waals surface area (Å²) in [5, 5.41) is 26.2. The van der Waals surface area contributed by atoms with Gasteiger partial charge in [-0.2, -0.15) is 4.98 Å². The molecule has 2 fully saturated rings. The second-order valence-corrected chi connectivity index (χ2v) is 20.2. The Kier molecular flexibility index (Phi) is 24.4. The number of anilines is 3. The molecule has 75 heavy (non-hydrogen) atoms. The summed E-state index contributed by atoms with van der Waals surface area (Å²) in [6.07, 6.45) is 8.16. The molecule has 0 bridgehead atoms. The number of oxazole rings is 1. The lowest BCUT2D eigenvalue weighted by Gasteiger charge is -2.42. The molecule has 15 nitrogen and oxygen atoms in total. The van der Waals surface area contributed by atoms with Gasteiger partial charge < -0.3 is 49.9 Å². The van der Waals surface area contributed by atoms with Gasteiger partial charge in [-0.25, -0.2) is 0 Å². The van der Waals surface area contributed by atoms with Crippen molar-refractivity contribution in [3.8, 4) is 16.2 Å². The van der Waals surface area contributed by atoms with Gasteiger partial charge in [0.05, 0.1) is 10.6 Å². The molecular formula is C58H77ClN6O9S. The molecule has 2 amide bonds. The standard InChI is InChI=1S/C34H40N4O4.C20H23ClN2O3S.C2H6.2CH4O/c1-6-24-12-15-31-28(19-24)36-34(42-31)38-22(3)17-25(18-23(38)4)26-13-14-29(32-21(2)9-7-10-27(26)32)37(20-40)30(11-8-16-39)33(41)35-5;1-20(2)11-15(6-7-22-20)23-14-5-3-4-13(10-14)19-17(21)18(26-9-8-24)16(12-25)27-19;3*1-2/h7,9-10,12-16,19-20,22-23,25,30H,6,8,11,17-18H2,1-5H3,(H,35,41);3-5,8,10,12,15,22-23H,6-7,9,11H2,1-2H3;1-2H3;2*2H,1H3. The molecular weight excluding hydrogens is 992 g/mol. The number of ether oxygens (including phenoxy) is 1. The minimum atomic E-state index is -0.778. The van der Waals surface area contributed by atoms with Crippen LogP contribution in [0, 0.1) is 6.92 Å². The number of hydrogen-bond donors (Lipinski definition) is 5. The number of piperidine rings is 2. The molecule has 0 aliphatic carbocycles. The van der Waals surface area contributed by atoms with Gasteiger partial charge in [0.2, 0.25) is 12.3 Å². The SMILES string of the molecule is CC.CC1(C)CC(Nc2cccc(-c3sc(C=O)c(OCC=O)c3Cl)c2)CCN1.CCc1ccc2oc(N3C(C)CC(c4ccc(N(C=O)C(CCC=O)C(=O)NC)c5c(C)cccc45)CC3C)nc2c1.CO.CO. The number of halogens is 1. The van der Waals surface area contributed by atoms with Crippen molar-refractivity contribution < 1.29 is 43.3 Å². The Hall–Kier alpha value is -6.17. The van der Waals surface area contributed by atoms with E-state index < -0.39 is 6.04 Å². The number of aliphatic hydroxyl groups is 2. The Morgan fingerprint density at radius 1 is 1.00 bits per heavy atom. The third kappa shape index (κ3) is 15.0. The molecule has 4 unspecified atom stereocenters. The zero-order chi connectivity index (χ0) is 55.4. The van der Waals surface area contributed by atoms with E-state index in [2.05, 4.69) is 79.7 Å². The summed E-state index contributed by atoms with van der Waals surface area (Å²) in [6.45, 7) is 17.9. The summed E-state index contributed by atoms with van der Waals surface area (Å²) in [4.78, 5) is 68.1. The van der Waals surface area contributed by atoms with Gasteiger partial charge in [-0.15, -0.1) is 11.3 Å². The molecule has 2 saturated heterocycles. The van der Waals surface area contributed by atoms with Crippen molar-refractivity contribution in [3.63, 3.8) is 0 Å². The summed E-state index contributed by atoms with van der Waals surface area (Å²) < 4.78 is 11.6. The fraction of sp³-hybridized carbons (Fsp3) is 0.448. The first-order valence-electron chi connectivity index (χ1n) is 25.7. The fourth-order valence-electron chi connectivity index (χ4n) is 10.2. The number of carbonyl (C=O) groups is 5. The van der Waals surface area contributed by atoms with Crippen LogP contribution in [0.1, 0.15) is 119 Å². The molecule has 6 aromatic rings. The maximum absolute atomic E-state index is 12.8. The van der Waals surface area contributed by atoms with Crippen LogP contribution in [0.3, 0.4) is 0 Å². The van der Waals surface area contributed by atoms with Crippen LogP contribution in [0.5, 0.6) is 5.75 Å². The van der Waals surface area contributed by atoms with Crippen LogP contribution >= 0.6 is 22.9 Å². The van der Waals surface area contributed by atoms with Gasteiger partial charge in [-0.1, -0.05) is 74.8 Å². The molecule has 2 aromatic heterocycles. The third-order valence-corrected chi connectivity index (χ3v) is 15.0. The highest BCUT2D eigenvalue weighted by molar-refractivity contribution is 7.18. The number of rotatable bonds is 17. The Balaban J connectivity index is 0.000000318. The van der Waals surface area contributed by atoms with Gasteiger partial charge in [0.15, 0.2) is 23.9 Å². The number of aliphatic hydroxyl groups excluding tert-OH is 2. The molecule has 0 spiro atoms. The van der Waals surface area contributed by atoms with Crippen LogP contribution in [-0.4, -0.2) is 110 Å². The first-order valence-corrected chi connectivity index (χ1v) is 26.9. The quantitative estimate of drug-likeness (QED) is 0.0540. The van der Waals surface area contributed by atoms with Crippen LogP contribution in [0.2, 0.25) is 5.02 Å². The van der Waals surface area contributed by atoms with Crippen molar-refractivity contribution >= 4 is 93.4 Å². The number of aromatic nitrogens is 1. The lowest BCUT2D eigenvalue weighted by Crippen LogP contribution is -2.49. The maximum atomic E-state index is 12.8. The maximum Gasteiger partial charge on any atom is 0.298 e. The summed E-state index contributed by atoms with van der Waals surface area (Å²) >= 11 is 7.71. The van der Waals surface area contributed by atoms with Gasteiger partial charge >= 0.3 is 0 Å². The lowest BCUT2D eigenvalue weighted by molar-refractivity contribution is -0.123. The fourth-order valence-corrected chi connectivity index (χ4v) is 11.5. The van der Waals surface area contributed by atoms with Gasteiger partial charge in [0.25, 0.3) is 6.01 Å². The molecule has 406 valence electrons. The van der Waals surface area contributed by atoms with Crippen molar-refractivity contribution in [1.82, 2.24) is 15.6 Å². The highest BCUT2D eigenvalue weighted by Crippen LogP contribution is 2.46. The average Bonchev–Trinajstić information content (AvgIpc) is 3.99. The van der Waals surface area contributed by atoms with Crippen molar-refractivity contribution in [2.45, 2.75) is 136 Å². The zero-order valence-corrected chi connectivity index (χ0v) is 46.9. The first-order chi connectivity index (χ1) is 36.2. The second-order valence-electron chi connectivity index (χ2n) is 18.7. The third-order valence-electron chi connectivity index (χ3n) is 13.4. The highest BCUT2D eigenvalue weighted by atomic mass is 35.5. The summed E-state index contributed by atoms with van der Waals surface area (Å²) in [7, 11) is 3.55. The molecule has 5 N–H and O–H groups in total. The number of hydrogen-bond acceptors (Lipinski definition) is 14. The Bertz CT molecular complexity index is 2800. The highest BCUT2D eigenvalue weighted by Gasteiger charge is 2.36. The number of likely N-dealkylation sites (N-methyl/N-ethyl adjacent to an activating group) is 1. The van der Waals surface area contributed by atoms with Crippen LogP contribution in [0.15, 0.2) is 77.2 Å². The van der Waals surface area contributed by atoms with E-state index in [-0.39, 0.29) is 54.6 Å². The first kappa shape index (κ1) is 61.4. The minimum absolute atomic E-state index is 0.119. The van der Waals surface area contributed by atoms with E-state index in [4.69, 9.17) is 36.0 Å². The Morgan fingerprint density at radius 3 is 2.33 bits per heavy atom. The predicted molar refractivity (Wildman–Crippen MR) is 305 cm³/mol. The van der Waals surface area contributed by atoms with E-state index in [9.17, 15) is 24.0 Å². The number of nitrogens with one attached hydrogen (secondary N) is 3. The van der Waals surface area contributed by atoms with E-state index in [0.717, 1.165) is 103 Å². The molecule has 2 aliphatic rings. The van der Waals surface area contributed by atoms with E-state index in [1.807, 2.05) is 69.3 Å². The monoisotopic (exact) mass is 1070 g/mol. The van der Waals surface area contributed by atoms with Gasteiger partial charge in [0.1, 0.15) is 34.4 Å². The average molecular weight is 1070 g/mol. The molecule has 2 aliphatic heterocycles. The molecule has 0 radical (unpaired) electrons. The zero-order valence-electron chi connectivity index (χ0n) is 45.4. The number of carbonyl (C=O) groups excluding carboxylic acids is 5. The molecule has 17 heteroatoms. The second kappa shape index (κ2) is 29.8. The summed E-state index contributed by atoms with van der Waals surface area (Å²) in [5.74, 6) is 0.266. The van der Waals surface area contributed by atoms with Crippen LogP contribution < -0.4 is 30.5 Å². The van der Waals surface area contributed by atoms with Crippen molar-refractivity contribution in [1.29, 1.82) is 0 Å². The van der Waals surface area contributed by atoms with Gasteiger partial charge in [0, 0.05) is 62.4 Å². The molecule has 4 heterocycles. The van der Waals surface area contributed by atoms with E-state index in [0.29, 0.717) is 46.6 Å². The van der Waals surface area contributed by atoms with Crippen molar-refractivity contribution in [2.75, 3.05) is 49.5 Å². The number of aryl methyl sites for hydroxylation is 2. The molecule has 8 rings (SSSR count). The largest absolute Gasteiger partial charge is 0.483 e. The molecule has 4 aromatic carbocycles. The topological polar surface area (TPSA) is 204 Å². The molecule has 4 atom stereocenters. The Morgan fingerprint density at radius 2 is 1.71 bits per heavy atom. The van der Waals surface area contributed by atoms with Gasteiger partial charge in [-0.3, -0.25) is 19.2 Å². The number of benzene rings is 4. The number of amides is 2. The van der Waals surface area contributed by atoms with Crippen LogP contribution in [0.4, 0.5) is 17.4 Å². The molecule has 0 saturated carbocycles. The van der Waals surface area contributed by atoms with Crippen LogP contribution in [-0.2, 0) is 25.6 Å². The van der Waals surface area contributed by atoms with Crippen molar-refractivity contribution in [2.24, 2.45) is 0 Å². The summed E-state index contributed by atoms with van der Waals surface area (Å²) in [6, 6.07) is 25.1. The number of fused-ring (bicyclic) bond motifs is 2. The lowest BCUT2D eigenvalue weighted by atomic mass is 9.80. The Labute approximate surface area is 451 Å². The van der Waals surface area contributed by atoms with E-state index in [1.165, 1.54) is 27.4 Å². The van der Waals surface area contributed by atoms with Crippen LogP contribution in [0.25, 0.3) is 32.3 Å². The number of nitrogens with zero attached hydrogens (tertiary/aromatic N) is 3. The summed E-state index contributed by atoms with van der Waals surface area (Å²) in [5.41, 5.74) is 7.93. The van der Waals surface area contributed by atoms with E-state index in [1.54, 1.807) is 7.05 Å². The van der Waals surface area contributed by atoms with E-state index >= 15 is 0 Å². The van der Waals surface area contributed by atoms with Crippen molar-refractivity contribution in [3.05, 3.63) is 99.4 Å². The predicted octanol–water partition coefficient (Wildman–Crippen LogP) is 10.7. The minimum Gasteiger partial charge on any atom is -0.483 e. The number of aldehydes is 3. The number of thiophene rings is 1.